The molecule has 1 rings (SSSR count). The lowest BCUT2D eigenvalue weighted by molar-refractivity contribution is -0.135. The first-order chi connectivity index (χ1) is 13.2. The van der Waals surface area contributed by atoms with Crippen molar-refractivity contribution in [1.82, 2.24) is 20.9 Å². The van der Waals surface area contributed by atoms with E-state index < -0.39 is 30.0 Å². The minimum atomic E-state index is -1.27. The lowest BCUT2D eigenvalue weighted by Gasteiger charge is -2.24. The topological polar surface area (TPSA) is 111 Å². The number of hydrogen-bond acceptors (Lipinski definition) is 5. The summed E-state index contributed by atoms with van der Waals surface area (Å²) >= 11 is 0. The Morgan fingerprint density at radius 3 is 2.21 bits per heavy atom. The number of carbonyl (C=O) groups excluding carboxylic acids is 3. The van der Waals surface area contributed by atoms with Gasteiger partial charge >= 0.3 is 0 Å². The van der Waals surface area contributed by atoms with Gasteiger partial charge in [0.25, 0.3) is 5.91 Å². The van der Waals surface area contributed by atoms with Gasteiger partial charge in [0.1, 0.15) is 12.1 Å². The molecule has 3 atom stereocenters. The van der Waals surface area contributed by atoms with Crippen molar-refractivity contribution >= 4 is 17.7 Å². The van der Waals surface area contributed by atoms with Gasteiger partial charge in [-0.15, -0.1) is 0 Å². The SMILES string of the molecule is CNC(CC(C)C)C(O)C(=O)NCC(=O)NC(C(=O)N(C)C)c1ccccc1. The Morgan fingerprint density at radius 1 is 1.11 bits per heavy atom. The lowest BCUT2D eigenvalue weighted by Crippen LogP contribution is -2.50. The van der Waals surface area contributed by atoms with E-state index in [-0.39, 0.29) is 12.5 Å². The van der Waals surface area contributed by atoms with Gasteiger partial charge in [0, 0.05) is 20.1 Å². The predicted octanol–water partition coefficient (Wildman–Crippen LogP) is 0.0433. The van der Waals surface area contributed by atoms with Crippen molar-refractivity contribution in [3.63, 3.8) is 0 Å². The van der Waals surface area contributed by atoms with Crippen LogP contribution in [0.15, 0.2) is 30.3 Å². The van der Waals surface area contributed by atoms with Crippen LogP contribution in [0.3, 0.4) is 0 Å². The first-order valence-corrected chi connectivity index (χ1v) is 9.35. The number of benzene rings is 1. The highest BCUT2D eigenvalue weighted by Crippen LogP contribution is 2.14. The van der Waals surface area contributed by atoms with Crippen LogP contribution in [0, 0.1) is 5.92 Å². The summed E-state index contributed by atoms with van der Waals surface area (Å²) in [6.45, 7) is 3.65. The van der Waals surface area contributed by atoms with Gasteiger partial charge in [-0.25, -0.2) is 0 Å². The van der Waals surface area contributed by atoms with E-state index in [9.17, 15) is 19.5 Å². The molecule has 0 saturated heterocycles. The van der Waals surface area contributed by atoms with Crippen molar-refractivity contribution in [2.24, 2.45) is 5.92 Å². The molecule has 4 N–H and O–H groups in total. The molecular formula is C20H32N4O4. The fourth-order valence-electron chi connectivity index (χ4n) is 2.77. The van der Waals surface area contributed by atoms with Gasteiger partial charge in [0.15, 0.2) is 0 Å². The average molecular weight is 393 g/mol. The molecule has 0 fully saturated rings. The van der Waals surface area contributed by atoms with E-state index in [2.05, 4.69) is 16.0 Å². The van der Waals surface area contributed by atoms with Gasteiger partial charge in [-0.3, -0.25) is 14.4 Å². The van der Waals surface area contributed by atoms with Crippen LogP contribution in [0.25, 0.3) is 0 Å². The smallest absolute Gasteiger partial charge is 0.250 e. The molecule has 156 valence electrons. The fourth-order valence-corrected chi connectivity index (χ4v) is 2.77. The van der Waals surface area contributed by atoms with E-state index in [1.165, 1.54) is 4.90 Å². The highest BCUT2D eigenvalue weighted by molar-refractivity contribution is 5.91. The zero-order valence-corrected chi connectivity index (χ0v) is 17.2. The van der Waals surface area contributed by atoms with Crippen LogP contribution < -0.4 is 16.0 Å². The number of carbonyl (C=O) groups is 3. The Labute approximate surface area is 166 Å². The monoisotopic (exact) mass is 392 g/mol. The molecule has 28 heavy (non-hydrogen) atoms. The Kier molecular flexibility index (Phi) is 9.61. The molecule has 8 heteroatoms. The third-order valence-electron chi connectivity index (χ3n) is 4.30. The molecule has 1 aromatic carbocycles. The van der Waals surface area contributed by atoms with Crippen molar-refractivity contribution in [3.05, 3.63) is 35.9 Å². The van der Waals surface area contributed by atoms with E-state index in [0.717, 1.165) is 0 Å². The van der Waals surface area contributed by atoms with Gasteiger partial charge in [0.2, 0.25) is 11.8 Å². The number of amides is 3. The van der Waals surface area contributed by atoms with Crippen molar-refractivity contribution in [2.75, 3.05) is 27.7 Å². The summed E-state index contributed by atoms with van der Waals surface area (Å²) in [4.78, 5) is 38.3. The number of nitrogens with zero attached hydrogens (tertiary/aromatic N) is 1. The predicted molar refractivity (Wildman–Crippen MR) is 107 cm³/mol. The maximum absolute atomic E-state index is 12.4. The zero-order valence-electron chi connectivity index (χ0n) is 17.2. The summed E-state index contributed by atoms with van der Waals surface area (Å²) in [6, 6.07) is 7.62. The summed E-state index contributed by atoms with van der Waals surface area (Å²) < 4.78 is 0. The summed E-state index contributed by atoms with van der Waals surface area (Å²) in [5.41, 5.74) is 0.646. The van der Waals surface area contributed by atoms with Gasteiger partial charge < -0.3 is 26.0 Å². The van der Waals surface area contributed by atoms with Gasteiger partial charge in [-0.2, -0.15) is 0 Å². The van der Waals surface area contributed by atoms with Crippen LogP contribution in [0.5, 0.6) is 0 Å². The number of aliphatic hydroxyl groups excluding tert-OH is 1. The molecule has 1 aromatic rings. The number of aliphatic hydroxyl groups is 1. The van der Waals surface area contributed by atoms with Crippen molar-refractivity contribution in [3.8, 4) is 0 Å². The maximum Gasteiger partial charge on any atom is 0.250 e. The molecule has 0 aliphatic rings. The normalized spacial score (nSPS) is 14.1. The molecule has 0 aromatic heterocycles. The van der Waals surface area contributed by atoms with E-state index in [1.807, 2.05) is 19.9 Å². The molecule has 0 aliphatic carbocycles. The van der Waals surface area contributed by atoms with Crippen LogP contribution >= 0.6 is 0 Å². The molecule has 0 bridgehead atoms. The standard InChI is InChI=1S/C20H32N4O4/c1-13(2)11-15(21-3)18(26)19(27)22-12-16(25)23-17(20(28)24(4)5)14-9-7-6-8-10-14/h6-10,13,15,17-18,21,26H,11-12H2,1-5H3,(H,22,27)(H,23,25). The minimum Gasteiger partial charge on any atom is -0.382 e. The van der Waals surface area contributed by atoms with Gasteiger partial charge in [0.05, 0.1) is 6.54 Å². The maximum atomic E-state index is 12.4. The second-order valence-electron chi connectivity index (χ2n) is 7.33. The molecule has 3 amide bonds. The molecule has 8 nitrogen and oxygen atoms in total. The van der Waals surface area contributed by atoms with E-state index >= 15 is 0 Å². The van der Waals surface area contributed by atoms with Crippen LogP contribution in [-0.4, -0.2) is 67.6 Å². The quantitative estimate of drug-likeness (QED) is 0.449. The zero-order chi connectivity index (χ0) is 21.3. The second-order valence-corrected chi connectivity index (χ2v) is 7.33. The van der Waals surface area contributed by atoms with E-state index in [0.29, 0.717) is 17.9 Å². The van der Waals surface area contributed by atoms with Crippen molar-refractivity contribution < 1.29 is 19.5 Å². The summed E-state index contributed by atoms with van der Waals surface area (Å²) in [7, 11) is 4.89. The minimum absolute atomic E-state index is 0.280. The molecule has 0 radical (unpaired) electrons. The molecule has 0 spiro atoms. The molecule has 0 saturated carbocycles. The largest absolute Gasteiger partial charge is 0.382 e. The van der Waals surface area contributed by atoms with Crippen molar-refractivity contribution in [1.29, 1.82) is 0 Å². The highest BCUT2D eigenvalue weighted by Gasteiger charge is 2.27. The first kappa shape index (κ1) is 23.6. The number of likely N-dealkylation sites (N-methyl/N-ethyl adjacent to an activating group) is 2. The Hall–Kier alpha value is -2.45. The average Bonchev–Trinajstić information content (AvgIpc) is 2.67. The summed E-state index contributed by atoms with van der Waals surface area (Å²) in [5.74, 6) is -1.13. The van der Waals surface area contributed by atoms with Crippen LogP contribution in [0.1, 0.15) is 31.9 Å². The Bertz CT molecular complexity index is 649. The third kappa shape index (κ3) is 7.28. The van der Waals surface area contributed by atoms with Crippen LogP contribution in [-0.2, 0) is 14.4 Å². The van der Waals surface area contributed by atoms with Crippen molar-refractivity contribution in [2.45, 2.75) is 38.5 Å². The Morgan fingerprint density at radius 2 is 1.71 bits per heavy atom. The third-order valence-corrected chi connectivity index (χ3v) is 4.30. The number of nitrogens with one attached hydrogen (secondary N) is 3. The molecule has 3 unspecified atom stereocenters. The van der Waals surface area contributed by atoms with Gasteiger partial charge in [-0.1, -0.05) is 44.2 Å². The first-order valence-electron chi connectivity index (χ1n) is 9.35. The summed E-state index contributed by atoms with van der Waals surface area (Å²) in [6.07, 6.45) is -0.654. The van der Waals surface area contributed by atoms with Gasteiger partial charge in [-0.05, 0) is 24.9 Å². The van der Waals surface area contributed by atoms with E-state index in [1.54, 1.807) is 45.4 Å². The molecule has 0 aliphatic heterocycles. The van der Waals surface area contributed by atoms with Crippen LogP contribution in [0.2, 0.25) is 0 Å². The molecule has 0 heterocycles. The second kappa shape index (κ2) is 11.4. The molecular weight excluding hydrogens is 360 g/mol. The lowest BCUT2D eigenvalue weighted by atomic mass is 9.99. The number of rotatable bonds is 10. The highest BCUT2D eigenvalue weighted by atomic mass is 16.3. The fraction of sp³-hybridized carbons (Fsp3) is 0.550. The summed E-state index contributed by atoms with van der Waals surface area (Å²) in [5, 5.41) is 18.2. The van der Waals surface area contributed by atoms with E-state index in [4.69, 9.17) is 0 Å². The number of hydrogen-bond donors (Lipinski definition) is 4. The Balaban J connectivity index is 2.70. The van der Waals surface area contributed by atoms with Crippen LogP contribution in [0.4, 0.5) is 0 Å².